The number of amides is 2. The molecule has 3 rings (SSSR count). The lowest BCUT2D eigenvalue weighted by atomic mass is 10.1. The van der Waals surface area contributed by atoms with Crippen LogP contribution in [0.5, 0.6) is 0 Å². The molecular weight excluding hydrogens is 402 g/mol. The summed E-state index contributed by atoms with van der Waals surface area (Å²) in [4.78, 5) is 28.6. The van der Waals surface area contributed by atoms with Crippen molar-refractivity contribution in [1.82, 2.24) is 9.80 Å². The van der Waals surface area contributed by atoms with E-state index < -0.39 is 10.0 Å². The molecule has 2 aromatic rings. The van der Waals surface area contributed by atoms with Gasteiger partial charge < -0.3 is 9.80 Å². The second kappa shape index (κ2) is 8.87. The molecule has 1 aliphatic rings. The number of sulfonamides is 1. The van der Waals surface area contributed by atoms with Gasteiger partial charge in [0.1, 0.15) is 0 Å². The largest absolute Gasteiger partial charge is 0.339 e. The van der Waals surface area contributed by atoms with E-state index in [4.69, 9.17) is 0 Å². The first-order valence-electron chi connectivity index (χ1n) is 9.99. The minimum Gasteiger partial charge on any atom is -0.339 e. The smallest absolute Gasteiger partial charge is 0.262 e. The average Bonchev–Trinajstić information content (AvgIpc) is 2.74. The van der Waals surface area contributed by atoms with Crippen molar-refractivity contribution in [2.45, 2.75) is 32.1 Å². The van der Waals surface area contributed by atoms with E-state index in [1.807, 2.05) is 19.9 Å². The van der Waals surface area contributed by atoms with Crippen LogP contribution < -0.4 is 4.72 Å². The zero-order chi connectivity index (χ0) is 21.9. The molecule has 2 aromatic carbocycles. The van der Waals surface area contributed by atoms with Gasteiger partial charge in [-0.1, -0.05) is 31.2 Å². The monoisotopic (exact) mass is 429 g/mol. The van der Waals surface area contributed by atoms with Gasteiger partial charge in [0.25, 0.3) is 15.9 Å². The second-order valence-electron chi connectivity index (χ2n) is 7.45. The average molecular weight is 430 g/mol. The minimum atomic E-state index is -3.85. The molecule has 0 aliphatic carbocycles. The third-order valence-corrected chi connectivity index (χ3v) is 6.76. The van der Waals surface area contributed by atoms with E-state index in [2.05, 4.69) is 4.72 Å². The number of para-hydroxylation sites is 1. The first-order valence-corrected chi connectivity index (χ1v) is 11.5. The molecule has 1 fully saturated rings. The van der Waals surface area contributed by atoms with Gasteiger partial charge in [0.2, 0.25) is 5.91 Å². The Morgan fingerprint density at radius 3 is 2.27 bits per heavy atom. The molecule has 1 heterocycles. The molecule has 2 amide bonds. The van der Waals surface area contributed by atoms with E-state index in [0.29, 0.717) is 43.7 Å². The Kier molecular flexibility index (Phi) is 6.45. The first kappa shape index (κ1) is 21.8. The highest BCUT2D eigenvalue weighted by atomic mass is 32.2. The number of rotatable bonds is 5. The Hall–Kier alpha value is -2.87. The summed E-state index contributed by atoms with van der Waals surface area (Å²) in [5.74, 6) is -0.179. The summed E-state index contributed by atoms with van der Waals surface area (Å²) in [5.41, 5.74) is 2.01. The second-order valence-corrected chi connectivity index (χ2v) is 9.10. The van der Waals surface area contributed by atoms with Crippen LogP contribution in [0.15, 0.2) is 47.4 Å². The number of nitrogens with zero attached hydrogens (tertiary/aromatic N) is 2. The number of nitrogens with one attached hydrogen (secondary N) is 1. The molecule has 7 nitrogen and oxygen atoms in total. The summed E-state index contributed by atoms with van der Waals surface area (Å²) >= 11 is 0. The molecule has 1 aliphatic heterocycles. The molecule has 0 atom stereocenters. The predicted octanol–water partition coefficient (Wildman–Crippen LogP) is 2.80. The maximum Gasteiger partial charge on any atom is 0.262 e. The van der Waals surface area contributed by atoms with E-state index in [-0.39, 0.29) is 22.4 Å². The number of hydrogen-bond acceptors (Lipinski definition) is 4. The molecule has 1 N–H and O–H groups in total. The third kappa shape index (κ3) is 4.64. The van der Waals surface area contributed by atoms with Gasteiger partial charge in [0.15, 0.2) is 0 Å². The zero-order valence-corrected chi connectivity index (χ0v) is 18.3. The Morgan fingerprint density at radius 2 is 1.60 bits per heavy atom. The summed E-state index contributed by atoms with van der Waals surface area (Å²) in [6, 6.07) is 11.8. The van der Waals surface area contributed by atoms with E-state index in [0.717, 1.165) is 5.56 Å². The number of carbonyl (C=O) groups is 2. The Balaban J connectivity index is 1.82. The normalized spacial score (nSPS) is 14.5. The van der Waals surface area contributed by atoms with Crippen LogP contribution in [0.1, 0.15) is 34.8 Å². The van der Waals surface area contributed by atoms with Crippen molar-refractivity contribution in [3.63, 3.8) is 0 Å². The van der Waals surface area contributed by atoms with Crippen molar-refractivity contribution in [3.8, 4) is 0 Å². The molecule has 160 valence electrons. The lowest BCUT2D eigenvalue weighted by Crippen LogP contribution is -2.50. The fourth-order valence-corrected chi connectivity index (χ4v) is 4.92. The van der Waals surface area contributed by atoms with Crippen LogP contribution in [0, 0.1) is 13.8 Å². The van der Waals surface area contributed by atoms with Gasteiger partial charge in [0.05, 0.1) is 16.1 Å². The Bertz CT molecular complexity index is 1060. The Labute approximate surface area is 177 Å². The maximum absolute atomic E-state index is 13.1. The van der Waals surface area contributed by atoms with Crippen molar-refractivity contribution in [1.29, 1.82) is 0 Å². The number of piperazine rings is 1. The molecule has 0 radical (unpaired) electrons. The van der Waals surface area contributed by atoms with Gasteiger partial charge in [-0.05, 0) is 43.2 Å². The zero-order valence-electron chi connectivity index (χ0n) is 17.5. The summed E-state index contributed by atoms with van der Waals surface area (Å²) in [5, 5.41) is 0. The van der Waals surface area contributed by atoms with Crippen LogP contribution in [0.3, 0.4) is 0 Å². The van der Waals surface area contributed by atoms with E-state index in [1.54, 1.807) is 53.1 Å². The fourth-order valence-electron chi connectivity index (χ4n) is 3.51. The summed E-state index contributed by atoms with van der Waals surface area (Å²) in [6.45, 7) is 7.19. The van der Waals surface area contributed by atoms with Crippen molar-refractivity contribution in [2.75, 3.05) is 30.9 Å². The minimum absolute atomic E-state index is 0.0729. The number of anilines is 1. The molecule has 0 unspecified atom stereocenters. The Morgan fingerprint density at radius 1 is 0.967 bits per heavy atom. The maximum atomic E-state index is 13.1. The third-order valence-electron chi connectivity index (χ3n) is 5.26. The molecule has 1 saturated heterocycles. The highest BCUT2D eigenvalue weighted by Crippen LogP contribution is 2.24. The lowest BCUT2D eigenvalue weighted by Gasteiger charge is -2.35. The summed E-state index contributed by atoms with van der Waals surface area (Å²) < 4.78 is 28.6. The van der Waals surface area contributed by atoms with Gasteiger partial charge in [-0.3, -0.25) is 14.3 Å². The van der Waals surface area contributed by atoms with Crippen LogP contribution in [0.25, 0.3) is 0 Å². The SMILES string of the molecule is CCC(=O)N1CCN(C(=O)c2ccccc2NS(=O)(=O)c2cc(C)ccc2C)CC1. The lowest BCUT2D eigenvalue weighted by molar-refractivity contribution is -0.132. The van der Waals surface area contributed by atoms with E-state index >= 15 is 0 Å². The topological polar surface area (TPSA) is 86.8 Å². The molecule has 0 aromatic heterocycles. The number of benzene rings is 2. The van der Waals surface area contributed by atoms with E-state index in [1.165, 1.54) is 0 Å². The van der Waals surface area contributed by atoms with Crippen LogP contribution in [-0.4, -0.2) is 56.2 Å². The van der Waals surface area contributed by atoms with Crippen LogP contribution in [-0.2, 0) is 14.8 Å². The molecule has 0 saturated carbocycles. The highest BCUT2D eigenvalue weighted by Gasteiger charge is 2.27. The van der Waals surface area contributed by atoms with Crippen molar-refractivity contribution in [3.05, 3.63) is 59.2 Å². The summed E-state index contributed by atoms with van der Waals surface area (Å²) in [7, 11) is -3.85. The van der Waals surface area contributed by atoms with Crippen LogP contribution in [0.2, 0.25) is 0 Å². The molecule has 8 heteroatoms. The molecular formula is C22H27N3O4S. The van der Waals surface area contributed by atoms with Crippen molar-refractivity contribution in [2.24, 2.45) is 0 Å². The van der Waals surface area contributed by atoms with Gasteiger partial charge in [-0.15, -0.1) is 0 Å². The predicted molar refractivity (Wildman–Crippen MR) is 116 cm³/mol. The van der Waals surface area contributed by atoms with Crippen molar-refractivity contribution < 1.29 is 18.0 Å². The number of carbonyl (C=O) groups excluding carboxylic acids is 2. The van der Waals surface area contributed by atoms with Crippen LogP contribution in [0.4, 0.5) is 5.69 Å². The molecule has 0 bridgehead atoms. The highest BCUT2D eigenvalue weighted by molar-refractivity contribution is 7.92. The number of aryl methyl sites for hydroxylation is 2. The van der Waals surface area contributed by atoms with Crippen LogP contribution >= 0.6 is 0 Å². The molecule has 0 spiro atoms. The standard InChI is InChI=1S/C22H27N3O4S/c1-4-21(26)24-11-13-25(14-12-24)22(27)18-7-5-6-8-19(18)23-30(28,29)20-15-16(2)9-10-17(20)3/h5-10,15,23H,4,11-14H2,1-3H3. The number of hydrogen-bond donors (Lipinski definition) is 1. The quantitative estimate of drug-likeness (QED) is 0.792. The van der Waals surface area contributed by atoms with Crippen molar-refractivity contribution >= 4 is 27.5 Å². The van der Waals surface area contributed by atoms with E-state index in [9.17, 15) is 18.0 Å². The van der Waals surface area contributed by atoms with Gasteiger partial charge in [0, 0.05) is 32.6 Å². The fraction of sp³-hybridized carbons (Fsp3) is 0.364. The van der Waals surface area contributed by atoms with Gasteiger partial charge >= 0.3 is 0 Å². The summed E-state index contributed by atoms with van der Waals surface area (Å²) in [6.07, 6.45) is 0.441. The van der Waals surface area contributed by atoms with Gasteiger partial charge in [-0.2, -0.15) is 0 Å². The van der Waals surface area contributed by atoms with Gasteiger partial charge in [-0.25, -0.2) is 8.42 Å². The molecule has 30 heavy (non-hydrogen) atoms. The first-order chi connectivity index (χ1) is 14.2.